The molecule has 10 aliphatic rings. The second-order valence-corrected chi connectivity index (χ2v) is 26.5. The van der Waals surface area contributed by atoms with E-state index in [1.807, 2.05) is 6.92 Å². The molecule has 85 heavy (non-hydrogen) atoms. The molecule has 10 rings (SSSR count). The average Bonchev–Trinajstić information content (AvgIpc) is 1.64. The van der Waals surface area contributed by atoms with Crippen molar-refractivity contribution in [1.82, 2.24) is 0 Å². The minimum Gasteiger partial charge on any atom is -0.494 e. The summed E-state index contributed by atoms with van der Waals surface area (Å²) in [4.78, 5) is 0. The van der Waals surface area contributed by atoms with Crippen molar-refractivity contribution in [2.75, 3.05) is 39.6 Å². The summed E-state index contributed by atoms with van der Waals surface area (Å²) in [5, 5.41) is 181. The SMILES string of the molecule is CC1=C(CC[C@@H](C)CO[C@H]2O[C@@H](CO)[C@H](O)[C@@H](O)[C@@H]2O)O[C@H]2C[C@H]3[C@@H]4CC[C@H]5C[C@H](O[C@H]6O[C@@H](CO)[C@H](O[C@H]7O[C@@H](CO)[C@H](O)[C@@H](O[C@H]8O[C@@H](CO)[C@H](O)[C@@H](O)[C@@H]8O)[C@@H]7O[C@H]7O[C@@H](CO)[C@H](O)[C@@H](O)[C@@H]7O)[C@@H](O)[C@@H]6O)CC[C@@]5(C)[C@H]4CC[C@@]3(C)[C@@H]12. The van der Waals surface area contributed by atoms with Gasteiger partial charge in [0.15, 0.2) is 31.5 Å². The lowest BCUT2D eigenvalue weighted by atomic mass is 9.44. The molecule has 28 heteroatoms. The van der Waals surface area contributed by atoms with E-state index in [4.69, 9.17) is 52.1 Å². The standard InChI is InChI=1S/C57H94O28/c1-21(20-75-51-44(71)40(67)36(63)30(15-58)78-51)5-8-28-22(2)35-29(77-28)14-27-25-7-6-23-13-24(9-11-56(23,3)26(25)10-12-57(27,35)4)76-52-47(74)43(70)48(34(19-62)82-52)83-55-50(85-54-46(73)42(69)38(65)32(17-60)80-54)49(39(66)33(18-61)81-55)84-53-45(72)41(68)37(64)31(16-59)79-53/h21,23-27,29-55,58-74H,5-20H2,1-4H3/t21-,23+,24-,25-,26+,27+,29+,30+,31+,32+,33+,34+,35+,36+,37+,38+,39+,40-,41-,42-,43+,44+,45+,46+,47+,48+,49-,50+,51+,52+,53-,54-,55-,56-,57-/m1/s1. The Morgan fingerprint density at radius 3 is 1.54 bits per heavy atom. The van der Waals surface area contributed by atoms with E-state index in [0.29, 0.717) is 36.5 Å². The van der Waals surface area contributed by atoms with Crippen molar-refractivity contribution in [3.8, 4) is 0 Å². The third-order valence-corrected chi connectivity index (χ3v) is 21.6. The zero-order valence-corrected chi connectivity index (χ0v) is 48.5. The van der Waals surface area contributed by atoms with Gasteiger partial charge in [0.25, 0.3) is 0 Å². The Hall–Kier alpha value is -1.54. The van der Waals surface area contributed by atoms with Gasteiger partial charge >= 0.3 is 0 Å². The molecule has 28 nitrogen and oxygen atoms in total. The molecule has 9 fully saturated rings. The van der Waals surface area contributed by atoms with E-state index >= 15 is 0 Å². The molecule has 0 radical (unpaired) electrons. The van der Waals surface area contributed by atoms with Crippen LogP contribution in [0, 0.1) is 46.3 Å². The maximum Gasteiger partial charge on any atom is 0.187 e. The quantitative estimate of drug-likeness (QED) is 0.0538. The van der Waals surface area contributed by atoms with Crippen molar-refractivity contribution in [3.05, 3.63) is 11.3 Å². The number of hydrogen-bond donors (Lipinski definition) is 17. The van der Waals surface area contributed by atoms with Crippen LogP contribution in [0.15, 0.2) is 11.3 Å². The van der Waals surface area contributed by atoms with Crippen molar-refractivity contribution in [1.29, 1.82) is 0 Å². The Balaban J connectivity index is 0.769. The maximum atomic E-state index is 11.9. The fourth-order valence-electron chi connectivity index (χ4n) is 16.6. The summed E-state index contributed by atoms with van der Waals surface area (Å²) in [6, 6.07) is 0. The Morgan fingerprint density at radius 2 is 0.953 bits per heavy atom. The van der Waals surface area contributed by atoms with Gasteiger partial charge in [0.05, 0.1) is 51.5 Å². The Bertz CT molecular complexity index is 2210. The molecule has 490 valence electrons. The average molecular weight is 1230 g/mol. The van der Waals surface area contributed by atoms with Crippen molar-refractivity contribution in [2.45, 2.75) is 258 Å². The molecular formula is C57H94O28. The second-order valence-electron chi connectivity index (χ2n) is 26.5. The fourth-order valence-corrected chi connectivity index (χ4v) is 16.6. The third-order valence-electron chi connectivity index (χ3n) is 21.6. The number of rotatable bonds is 19. The van der Waals surface area contributed by atoms with Gasteiger partial charge in [-0.25, -0.2) is 0 Å². The summed E-state index contributed by atoms with van der Waals surface area (Å²) in [7, 11) is 0. The zero-order valence-electron chi connectivity index (χ0n) is 48.5. The molecular weight excluding hydrogens is 1130 g/mol. The molecule has 0 aromatic rings. The van der Waals surface area contributed by atoms with E-state index in [0.717, 1.165) is 57.1 Å². The summed E-state index contributed by atoms with van der Waals surface area (Å²) in [6.45, 7) is 5.32. The van der Waals surface area contributed by atoms with Gasteiger partial charge in [0, 0.05) is 12.3 Å². The van der Waals surface area contributed by atoms with Crippen LogP contribution in [0.3, 0.4) is 0 Å². The van der Waals surface area contributed by atoms with Gasteiger partial charge in [0.2, 0.25) is 0 Å². The summed E-state index contributed by atoms with van der Waals surface area (Å²) < 4.78 is 66.3. The van der Waals surface area contributed by atoms with E-state index in [2.05, 4.69) is 20.8 Å². The molecule has 0 aromatic heterocycles. The number of aliphatic hydroxyl groups is 17. The number of allylic oxidation sites excluding steroid dienone is 1. The lowest BCUT2D eigenvalue weighted by molar-refractivity contribution is -0.406. The lowest BCUT2D eigenvalue weighted by Gasteiger charge is -2.61. The van der Waals surface area contributed by atoms with E-state index in [1.165, 1.54) is 5.57 Å². The first-order valence-corrected chi connectivity index (χ1v) is 30.5. The van der Waals surface area contributed by atoms with E-state index < -0.39 is 193 Å². The first-order chi connectivity index (χ1) is 40.4. The Morgan fingerprint density at radius 1 is 0.471 bits per heavy atom. The van der Waals surface area contributed by atoms with Crippen LogP contribution in [-0.4, -0.2) is 292 Å². The van der Waals surface area contributed by atoms with E-state index in [9.17, 15) is 86.8 Å². The predicted molar refractivity (Wildman–Crippen MR) is 283 cm³/mol. The van der Waals surface area contributed by atoms with E-state index in [1.54, 1.807) is 0 Å². The van der Waals surface area contributed by atoms with Gasteiger partial charge in [-0.1, -0.05) is 20.8 Å². The molecule has 17 N–H and O–H groups in total. The molecule has 4 aliphatic carbocycles. The number of fused-ring (bicyclic) bond motifs is 7. The summed E-state index contributed by atoms with van der Waals surface area (Å²) >= 11 is 0. The van der Waals surface area contributed by atoms with Crippen molar-refractivity contribution >= 4 is 0 Å². The molecule has 6 aliphatic heterocycles. The van der Waals surface area contributed by atoms with Gasteiger partial charge in [-0.3, -0.25) is 0 Å². The van der Waals surface area contributed by atoms with Crippen LogP contribution < -0.4 is 0 Å². The largest absolute Gasteiger partial charge is 0.494 e. The second kappa shape index (κ2) is 27.0. The first kappa shape index (κ1) is 66.4. The predicted octanol–water partition coefficient (Wildman–Crippen LogP) is -5.18. The number of hydrogen-bond acceptors (Lipinski definition) is 28. The van der Waals surface area contributed by atoms with E-state index in [-0.39, 0.29) is 35.4 Å². The van der Waals surface area contributed by atoms with Crippen molar-refractivity contribution < 1.29 is 139 Å². The Kier molecular flexibility index (Phi) is 21.1. The smallest absolute Gasteiger partial charge is 0.187 e. The molecule has 6 heterocycles. The van der Waals surface area contributed by atoms with Crippen LogP contribution in [0.4, 0.5) is 0 Å². The normalized spacial score (nSPS) is 53.1. The number of ether oxygens (including phenoxy) is 11. The molecule has 0 amide bonds. The summed E-state index contributed by atoms with van der Waals surface area (Å²) in [6.07, 6.45) is -34.5. The van der Waals surface area contributed by atoms with Crippen LogP contribution in [-0.2, 0) is 52.1 Å². The topological polar surface area (TPSA) is 445 Å². The molecule has 5 saturated heterocycles. The highest BCUT2D eigenvalue weighted by Gasteiger charge is 2.65. The monoisotopic (exact) mass is 1230 g/mol. The van der Waals surface area contributed by atoms with Crippen LogP contribution in [0.2, 0.25) is 0 Å². The van der Waals surface area contributed by atoms with Gasteiger partial charge in [-0.05, 0) is 111 Å². The highest BCUT2D eigenvalue weighted by molar-refractivity contribution is 5.27. The maximum absolute atomic E-state index is 11.9. The van der Waals surface area contributed by atoms with Crippen LogP contribution in [0.25, 0.3) is 0 Å². The van der Waals surface area contributed by atoms with Crippen molar-refractivity contribution in [3.63, 3.8) is 0 Å². The first-order valence-electron chi connectivity index (χ1n) is 30.5. The van der Waals surface area contributed by atoms with Crippen molar-refractivity contribution in [2.24, 2.45) is 46.3 Å². The highest BCUT2D eigenvalue weighted by atomic mass is 16.8. The highest BCUT2D eigenvalue weighted by Crippen LogP contribution is 2.70. The molecule has 0 bridgehead atoms. The fraction of sp³-hybridized carbons (Fsp3) is 0.965. The molecule has 0 aromatic carbocycles. The molecule has 0 unspecified atom stereocenters. The Labute approximate surface area is 492 Å². The summed E-state index contributed by atoms with van der Waals surface area (Å²) in [5.74, 6) is 3.11. The van der Waals surface area contributed by atoms with Gasteiger partial charge < -0.3 is 139 Å². The third kappa shape index (κ3) is 12.4. The molecule has 0 spiro atoms. The molecule has 35 atom stereocenters. The van der Waals surface area contributed by atoms with Gasteiger partial charge in [-0.15, -0.1) is 0 Å². The van der Waals surface area contributed by atoms with Crippen LogP contribution >= 0.6 is 0 Å². The van der Waals surface area contributed by atoms with Gasteiger partial charge in [-0.2, -0.15) is 0 Å². The molecule has 4 saturated carbocycles. The zero-order chi connectivity index (χ0) is 61.3. The number of aliphatic hydroxyl groups excluding tert-OH is 17. The minimum absolute atomic E-state index is 0.00321. The van der Waals surface area contributed by atoms with Crippen LogP contribution in [0.5, 0.6) is 0 Å². The van der Waals surface area contributed by atoms with Gasteiger partial charge in [0.1, 0.15) is 128 Å². The minimum atomic E-state index is -2.06. The van der Waals surface area contributed by atoms with Crippen LogP contribution in [0.1, 0.15) is 91.9 Å². The summed E-state index contributed by atoms with van der Waals surface area (Å²) in [5.41, 5.74) is 1.37. The lowest BCUT2D eigenvalue weighted by Crippen LogP contribution is -2.68.